The average Bonchev–Trinajstić information content (AvgIpc) is 2.96. The standard InChI is InChI=1S/C15H18FNO5S/c1-10(14(18)17-8-2-3-13(17)15(19)20)9-23(21,22)12-6-4-11(16)5-7-12/h4-7,10,13H,2-3,8-9H2,1H3,(H,19,20)/t10?,13-/m1/s1. The second-order valence-corrected chi connectivity index (χ2v) is 7.70. The summed E-state index contributed by atoms with van der Waals surface area (Å²) in [7, 11) is -3.75. The average molecular weight is 343 g/mol. The molecular formula is C15H18FNO5S. The van der Waals surface area contributed by atoms with E-state index in [2.05, 4.69) is 0 Å². The molecule has 1 N–H and O–H groups in total. The molecule has 1 aromatic carbocycles. The Bertz CT molecular complexity index is 701. The number of carbonyl (C=O) groups is 2. The largest absolute Gasteiger partial charge is 0.480 e. The summed E-state index contributed by atoms with van der Waals surface area (Å²) in [5.41, 5.74) is 0. The predicted octanol–water partition coefficient (Wildman–Crippen LogP) is 1.31. The van der Waals surface area contributed by atoms with Crippen molar-refractivity contribution in [3.8, 4) is 0 Å². The van der Waals surface area contributed by atoms with Gasteiger partial charge in [0.2, 0.25) is 5.91 Å². The number of sulfone groups is 1. The van der Waals surface area contributed by atoms with E-state index in [9.17, 15) is 22.4 Å². The van der Waals surface area contributed by atoms with E-state index in [1.165, 1.54) is 11.8 Å². The minimum atomic E-state index is -3.75. The van der Waals surface area contributed by atoms with Gasteiger partial charge in [-0.3, -0.25) is 4.79 Å². The molecule has 1 heterocycles. The number of rotatable bonds is 5. The molecule has 0 aliphatic carbocycles. The first-order valence-electron chi connectivity index (χ1n) is 7.24. The highest BCUT2D eigenvalue weighted by Gasteiger charge is 2.37. The molecule has 1 aromatic rings. The molecule has 0 saturated carbocycles. The molecule has 8 heteroatoms. The monoisotopic (exact) mass is 343 g/mol. The van der Waals surface area contributed by atoms with Crippen LogP contribution in [0.15, 0.2) is 29.2 Å². The molecule has 0 aromatic heterocycles. The van der Waals surface area contributed by atoms with Crippen LogP contribution in [0.4, 0.5) is 4.39 Å². The molecule has 23 heavy (non-hydrogen) atoms. The molecule has 1 amide bonds. The van der Waals surface area contributed by atoms with Gasteiger partial charge in [0, 0.05) is 12.5 Å². The molecule has 1 aliphatic heterocycles. The maximum Gasteiger partial charge on any atom is 0.326 e. The lowest BCUT2D eigenvalue weighted by Gasteiger charge is -2.24. The first kappa shape index (κ1) is 17.4. The summed E-state index contributed by atoms with van der Waals surface area (Å²) < 4.78 is 37.4. The van der Waals surface area contributed by atoms with Gasteiger partial charge in [-0.1, -0.05) is 6.92 Å². The Hall–Kier alpha value is -1.96. The summed E-state index contributed by atoms with van der Waals surface area (Å²) in [6.45, 7) is 1.78. The second kappa shape index (κ2) is 6.66. The maximum absolute atomic E-state index is 12.9. The highest BCUT2D eigenvalue weighted by atomic mass is 32.2. The molecule has 0 bridgehead atoms. The number of aliphatic carboxylic acids is 1. The van der Waals surface area contributed by atoms with Crippen molar-refractivity contribution in [3.63, 3.8) is 0 Å². The molecule has 6 nitrogen and oxygen atoms in total. The molecule has 1 aliphatic rings. The summed E-state index contributed by atoms with van der Waals surface area (Å²) in [5, 5.41) is 9.10. The Kier molecular flexibility index (Phi) is 5.03. The number of carboxylic acids is 1. The number of benzene rings is 1. The third-order valence-corrected chi connectivity index (χ3v) is 5.81. The van der Waals surface area contributed by atoms with Gasteiger partial charge in [0.1, 0.15) is 11.9 Å². The molecule has 0 radical (unpaired) electrons. The fraction of sp³-hybridized carbons (Fsp3) is 0.467. The van der Waals surface area contributed by atoms with E-state index in [1.807, 2.05) is 0 Å². The summed E-state index contributed by atoms with van der Waals surface area (Å²) >= 11 is 0. The van der Waals surface area contributed by atoms with E-state index in [-0.39, 0.29) is 4.90 Å². The molecule has 0 spiro atoms. The third kappa shape index (κ3) is 3.87. The van der Waals surface area contributed by atoms with Gasteiger partial charge >= 0.3 is 5.97 Å². The first-order chi connectivity index (χ1) is 10.7. The number of carbonyl (C=O) groups excluding carboxylic acids is 1. The minimum Gasteiger partial charge on any atom is -0.480 e. The van der Waals surface area contributed by atoms with Crippen LogP contribution in [0.25, 0.3) is 0 Å². The third-order valence-electron chi connectivity index (χ3n) is 3.88. The number of likely N-dealkylation sites (tertiary alicyclic amines) is 1. The van der Waals surface area contributed by atoms with Crippen molar-refractivity contribution in [2.75, 3.05) is 12.3 Å². The second-order valence-electron chi connectivity index (χ2n) is 5.66. The highest BCUT2D eigenvalue weighted by molar-refractivity contribution is 7.91. The number of nitrogens with zero attached hydrogens (tertiary/aromatic N) is 1. The summed E-state index contributed by atoms with van der Waals surface area (Å²) in [6, 6.07) is 3.49. The maximum atomic E-state index is 12.9. The number of hydrogen-bond donors (Lipinski definition) is 1. The van der Waals surface area contributed by atoms with Gasteiger partial charge in [0.05, 0.1) is 10.6 Å². The topological polar surface area (TPSA) is 91.8 Å². The molecule has 126 valence electrons. The zero-order valence-corrected chi connectivity index (χ0v) is 13.4. The van der Waals surface area contributed by atoms with Crippen LogP contribution >= 0.6 is 0 Å². The van der Waals surface area contributed by atoms with Gasteiger partial charge in [-0.15, -0.1) is 0 Å². The summed E-state index contributed by atoms with van der Waals surface area (Å²) in [4.78, 5) is 24.7. The van der Waals surface area contributed by atoms with Gasteiger partial charge in [0.15, 0.2) is 9.84 Å². The Labute approximate surface area is 133 Å². The smallest absolute Gasteiger partial charge is 0.326 e. The zero-order chi connectivity index (χ0) is 17.2. The van der Waals surface area contributed by atoms with Gasteiger partial charge in [-0.25, -0.2) is 17.6 Å². The van der Waals surface area contributed by atoms with Crippen LogP contribution in [-0.2, 0) is 19.4 Å². The summed E-state index contributed by atoms with van der Waals surface area (Å²) in [5.74, 6) is -3.43. The van der Waals surface area contributed by atoms with Crippen LogP contribution in [0.2, 0.25) is 0 Å². The van der Waals surface area contributed by atoms with Crippen molar-refractivity contribution in [2.24, 2.45) is 5.92 Å². The van der Waals surface area contributed by atoms with E-state index < -0.39 is 45.2 Å². The molecule has 1 fully saturated rings. The number of halogens is 1. The number of hydrogen-bond acceptors (Lipinski definition) is 4. The van der Waals surface area contributed by atoms with Crippen molar-refractivity contribution >= 4 is 21.7 Å². The van der Waals surface area contributed by atoms with Crippen molar-refractivity contribution in [3.05, 3.63) is 30.1 Å². The molecular weight excluding hydrogens is 325 g/mol. The SMILES string of the molecule is CC(CS(=O)(=O)c1ccc(F)cc1)C(=O)N1CCC[C@@H]1C(=O)O. The quantitative estimate of drug-likeness (QED) is 0.814. The van der Waals surface area contributed by atoms with Crippen molar-refractivity contribution in [1.82, 2.24) is 4.90 Å². The van der Waals surface area contributed by atoms with Gasteiger partial charge in [0.25, 0.3) is 0 Å². The van der Waals surface area contributed by atoms with E-state index in [0.29, 0.717) is 19.4 Å². The molecule has 1 unspecified atom stereocenters. The van der Waals surface area contributed by atoms with E-state index in [0.717, 1.165) is 24.3 Å². The Morgan fingerprint density at radius 3 is 2.52 bits per heavy atom. The molecule has 2 rings (SSSR count). The number of amides is 1. The lowest BCUT2D eigenvalue weighted by molar-refractivity contribution is -0.149. The molecule has 1 saturated heterocycles. The van der Waals surface area contributed by atoms with Crippen molar-refractivity contribution in [1.29, 1.82) is 0 Å². The Balaban J connectivity index is 2.11. The van der Waals surface area contributed by atoms with Crippen LogP contribution < -0.4 is 0 Å². The van der Waals surface area contributed by atoms with Crippen molar-refractivity contribution < 1.29 is 27.5 Å². The molecule has 2 atom stereocenters. The zero-order valence-electron chi connectivity index (χ0n) is 12.6. The predicted molar refractivity (Wildman–Crippen MR) is 80.0 cm³/mol. The van der Waals surface area contributed by atoms with E-state index in [1.54, 1.807) is 0 Å². The Morgan fingerprint density at radius 1 is 1.35 bits per heavy atom. The van der Waals surface area contributed by atoms with E-state index in [4.69, 9.17) is 5.11 Å². The van der Waals surface area contributed by atoms with E-state index >= 15 is 0 Å². The van der Waals surface area contributed by atoms with Crippen molar-refractivity contribution in [2.45, 2.75) is 30.7 Å². The van der Waals surface area contributed by atoms with Crippen LogP contribution in [0.1, 0.15) is 19.8 Å². The minimum absolute atomic E-state index is 0.0604. The van der Waals surface area contributed by atoms with Crippen LogP contribution in [-0.4, -0.2) is 48.6 Å². The van der Waals surface area contributed by atoms with Gasteiger partial charge in [-0.05, 0) is 37.1 Å². The normalized spacial score (nSPS) is 19.6. The fourth-order valence-corrected chi connectivity index (χ4v) is 4.25. The first-order valence-corrected chi connectivity index (χ1v) is 8.89. The van der Waals surface area contributed by atoms with Crippen LogP contribution in [0.3, 0.4) is 0 Å². The number of carboxylic acid groups (broad SMARTS) is 1. The van der Waals surface area contributed by atoms with Gasteiger partial charge < -0.3 is 10.0 Å². The lowest BCUT2D eigenvalue weighted by Crippen LogP contribution is -2.44. The lowest BCUT2D eigenvalue weighted by atomic mass is 10.1. The van der Waals surface area contributed by atoms with Gasteiger partial charge in [-0.2, -0.15) is 0 Å². The highest BCUT2D eigenvalue weighted by Crippen LogP contribution is 2.22. The Morgan fingerprint density at radius 2 is 1.96 bits per heavy atom. The fourth-order valence-electron chi connectivity index (χ4n) is 2.71. The van der Waals surface area contributed by atoms with Crippen LogP contribution in [0, 0.1) is 11.7 Å². The van der Waals surface area contributed by atoms with Crippen LogP contribution in [0.5, 0.6) is 0 Å². The summed E-state index contributed by atoms with van der Waals surface area (Å²) in [6.07, 6.45) is 0.957.